The van der Waals surface area contributed by atoms with E-state index in [0.717, 1.165) is 10.8 Å². The molecule has 16 heavy (non-hydrogen) atoms. The van der Waals surface area contributed by atoms with Crippen molar-refractivity contribution in [3.8, 4) is 5.75 Å². The predicted molar refractivity (Wildman–Crippen MR) is 59.6 cm³/mol. The minimum absolute atomic E-state index is 0.407. The van der Waals surface area contributed by atoms with Crippen LogP contribution in [0.15, 0.2) is 30.6 Å². The summed E-state index contributed by atoms with van der Waals surface area (Å²) >= 11 is 0. The molecule has 0 spiro atoms. The molecule has 0 amide bonds. The Labute approximate surface area is 92.8 Å². The summed E-state index contributed by atoms with van der Waals surface area (Å²) in [6.45, 7) is 0. The van der Waals surface area contributed by atoms with E-state index in [1.54, 1.807) is 24.5 Å². The summed E-state index contributed by atoms with van der Waals surface area (Å²) in [6, 6.07) is 5.34. The number of hydrogen-bond acceptors (Lipinski definition) is 4. The molecule has 0 atom stereocenters. The lowest BCUT2D eigenvalue weighted by Crippen LogP contribution is -2.04. The molecule has 0 aliphatic carbocycles. The summed E-state index contributed by atoms with van der Waals surface area (Å²) in [5.41, 5.74) is 0.420. The average Bonchev–Trinajstić information content (AvgIpc) is 2.36. The third-order valence-electron chi connectivity index (χ3n) is 2.36. The van der Waals surface area contributed by atoms with E-state index < -0.39 is 5.97 Å². The van der Waals surface area contributed by atoms with E-state index in [4.69, 9.17) is 9.47 Å². The van der Waals surface area contributed by atoms with Gasteiger partial charge in [0.25, 0.3) is 0 Å². The first kappa shape index (κ1) is 10.4. The quantitative estimate of drug-likeness (QED) is 0.722. The third kappa shape index (κ3) is 1.69. The molecule has 0 unspecified atom stereocenters. The number of fused-ring (bicyclic) bond motifs is 1. The Kier molecular flexibility index (Phi) is 2.72. The number of benzene rings is 1. The molecular formula is C12H11NO3. The van der Waals surface area contributed by atoms with Crippen LogP contribution in [0, 0.1) is 0 Å². The van der Waals surface area contributed by atoms with Gasteiger partial charge in [-0.05, 0) is 23.6 Å². The third-order valence-corrected chi connectivity index (χ3v) is 2.36. The zero-order chi connectivity index (χ0) is 11.5. The molecule has 0 aliphatic heterocycles. The van der Waals surface area contributed by atoms with Crippen LogP contribution in [0.5, 0.6) is 5.75 Å². The molecular weight excluding hydrogens is 206 g/mol. The van der Waals surface area contributed by atoms with Crippen LogP contribution in [0.25, 0.3) is 10.8 Å². The number of esters is 1. The van der Waals surface area contributed by atoms with E-state index in [1.165, 1.54) is 14.2 Å². The molecule has 4 heteroatoms. The zero-order valence-electron chi connectivity index (χ0n) is 9.06. The van der Waals surface area contributed by atoms with E-state index in [9.17, 15) is 4.79 Å². The number of carbonyl (C=O) groups excluding carboxylic acids is 1. The van der Waals surface area contributed by atoms with Crippen molar-refractivity contribution in [2.24, 2.45) is 0 Å². The standard InChI is InChI=1S/C12H11NO3/c1-15-11-6-9-7-13-4-3-8(9)5-10(11)12(14)16-2/h3-7H,1-2H3. The highest BCUT2D eigenvalue weighted by molar-refractivity contribution is 5.98. The lowest BCUT2D eigenvalue weighted by atomic mass is 10.1. The molecule has 0 N–H and O–H groups in total. The number of pyridine rings is 1. The molecule has 1 aromatic heterocycles. The Balaban J connectivity index is 2.67. The Morgan fingerprint density at radius 2 is 2.06 bits per heavy atom. The Hall–Kier alpha value is -2.10. The first-order valence-electron chi connectivity index (χ1n) is 4.76. The summed E-state index contributed by atoms with van der Waals surface area (Å²) < 4.78 is 9.84. The van der Waals surface area contributed by atoms with Crippen molar-refractivity contribution in [3.05, 3.63) is 36.2 Å². The van der Waals surface area contributed by atoms with Crippen LogP contribution in [0.3, 0.4) is 0 Å². The number of rotatable bonds is 2. The van der Waals surface area contributed by atoms with Crippen LogP contribution in [0.4, 0.5) is 0 Å². The van der Waals surface area contributed by atoms with Crippen molar-refractivity contribution >= 4 is 16.7 Å². The van der Waals surface area contributed by atoms with Crippen molar-refractivity contribution in [2.75, 3.05) is 14.2 Å². The highest BCUT2D eigenvalue weighted by Gasteiger charge is 2.13. The van der Waals surface area contributed by atoms with Gasteiger partial charge >= 0.3 is 5.97 Å². The smallest absolute Gasteiger partial charge is 0.341 e. The minimum Gasteiger partial charge on any atom is -0.496 e. The number of nitrogens with zero attached hydrogens (tertiary/aromatic N) is 1. The monoisotopic (exact) mass is 217 g/mol. The van der Waals surface area contributed by atoms with E-state index >= 15 is 0 Å². The topological polar surface area (TPSA) is 48.4 Å². The second-order valence-electron chi connectivity index (χ2n) is 3.27. The zero-order valence-corrected chi connectivity index (χ0v) is 9.06. The number of aromatic nitrogens is 1. The van der Waals surface area contributed by atoms with Crippen LogP contribution in [0.1, 0.15) is 10.4 Å². The number of methoxy groups -OCH3 is 2. The molecule has 2 rings (SSSR count). The van der Waals surface area contributed by atoms with E-state index in [0.29, 0.717) is 11.3 Å². The van der Waals surface area contributed by atoms with Gasteiger partial charge in [-0.2, -0.15) is 0 Å². The normalized spacial score (nSPS) is 10.1. The average molecular weight is 217 g/mol. The van der Waals surface area contributed by atoms with Gasteiger partial charge in [-0.3, -0.25) is 4.98 Å². The van der Waals surface area contributed by atoms with E-state index in [1.807, 2.05) is 6.07 Å². The Morgan fingerprint density at radius 3 is 2.75 bits per heavy atom. The van der Waals surface area contributed by atoms with Crippen LogP contribution in [0.2, 0.25) is 0 Å². The van der Waals surface area contributed by atoms with Gasteiger partial charge in [0.2, 0.25) is 0 Å². The summed E-state index contributed by atoms with van der Waals surface area (Å²) in [4.78, 5) is 15.5. The van der Waals surface area contributed by atoms with Crippen molar-refractivity contribution in [3.63, 3.8) is 0 Å². The SMILES string of the molecule is COC(=O)c1cc2ccncc2cc1OC. The maximum absolute atomic E-state index is 11.5. The lowest BCUT2D eigenvalue weighted by molar-refractivity contribution is 0.0597. The molecule has 0 aliphatic rings. The number of carbonyl (C=O) groups is 1. The van der Waals surface area contributed by atoms with Gasteiger partial charge in [0.05, 0.1) is 14.2 Å². The van der Waals surface area contributed by atoms with Gasteiger partial charge in [-0.25, -0.2) is 4.79 Å². The number of hydrogen-bond donors (Lipinski definition) is 0. The fourth-order valence-electron chi connectivity index (χ4n) is 1.55. The van der Waals surface area contributed by atoms with Gasteiger partial charge in [0.1, 0.15) is 11.3 Å². The molecule has 0 fully saturated rings. The number of ether oxygens (including phenoxy) is 2. The second-order valence-corrected chi connectivity index (χ2v) is 3.27. The molecule has 4 nitrogen and oxygen atoms in total. The summed E-state index contributed by atoms with van der Waals surface area (Å²) in [7, 11) is 2.86. The van der Waals surface area contributed by atoms with Crippen molar-refractivity contribution in [1.82, 2.24) is 4.98 Å². The molecule has 0 saturated carbocycles. The largest absolute Gasteiger partial charge is 0.496 e. The van der Waals surface area contributed by atoms with Crippen LogP contribution < -0.4 is 4.74 Å². The predicted octanol–water partition coefficient (Wildman–Crippen LogP) is 2.03. The summed E-state index contributed by atoms with van der Waals surface area (Å²) in [5, 5.41) is 1.85. The Morgan fingerprint density at radius 1 is 1.25 bits per heavy atom. The first-order valence-corrected chi connectivity index (χ1v) is 4.76. The van der Waals surface area contributed by atoms with Crippen molar-refractivity contribution < 1.29 is 14.3 Å². The molecule has 0 radical (unpaired) electrons. The fourth-order valence-corrected chi connectivity index (χ4v) is 1.55. The summed E-state index contributed by atoms with van der Waals surface area (Å²) in [5.74, 6) is 0.0860. The second kappa shape index (κ2) is 4.18. The molecule has 2 aromatic rings. The lowest BCUT2D eigenvalue weighted by Gasteiger charge is -2.08. The van der Waals surface area contributed by atoms with E-state index in [2.05, 4.69) is 4.98 Å². The molecule has 1 aromatic carbocycles. The van der Waals surface area contributed by atoms with Gasteiger partial charge in [0.15, 0.2) is 0 Å². The maximum atomic E-state index is 11.5. The molecule has 1 heterocycles. The van der Waals surface area contributed by atoms with Gasteiger partial charge in [0, 0.05) is 17.8 Å². The minimum atomic E-state index is -0.407. The van der Waals surface area contributed by atoms with E-state index in [-0.39, 0.29) is 0 Å². The van der Waals surface area contributed by atoms with Crippen LogP contribution >= 0.6 is 0 Å². The molecule has 0 saturated heterocycles. The van der Waals surface area contributed by atoms with Gasteiger partial charge in [-0.15, -0.1) is 0 Å². The van der Waals surface area contributed by atoms with Crippen LogP contribution in [-0.4, -0.2) is 25.2 Å². The first-order chi connectivity index (χ1) is 7.76. The van der Waals surface area contributed by atoms with Gasteiger partial charge in [-0.1, -0.05) is 0 Å². The van der Waals surface area contributed by atoms with Crippen molar-refractivity contribution in [1.29, 1.82) is 0 Å². The highest BCUT2D eigenvalue weighted by Crippen LogP contribution is 2.25. The fraction of sp³-hybridized carbons (Fsp3) is 0.167. The Bertz CT molecular complexity index is 537. The maximum Gasteiger partial charge on any atom is 0.341 e. The highest BCUT2D eigenvalue weighted by atomic mass is 16.5. The van der Waals surface area contributed by atoms with Gasteiger partial charge < -0.3 is 9.47 Å². The molecule has 0 bridgehead atoms. The van der Waals surface area contributed by atoms with Crippen LogP contribution in [-0.2, 0) is 4.74 Å². The summed E-state index contributed by atoms with van der Waals surface area (Å²) in [6.07, 6.45) is 3.40. The molecule has 82 valence electrons. The van der Waals surface area contributed by atoms with Crippen molar-refractivity contribution in [2.45, 2.75) is 0 Å².